The van der Waals surface area contributed by atoms with Gasteiger partial charge in [-0.2, -0.15) is 0 Å². The van der Waals surface area contributed by atoms with Crippen LogP contribution in [-0.2, 0) is 12.8 Å². The lowest BCUT2D eigenvalue weighted by Gasteiger charge is -2.37. The van der Waals surface area contributed by atoms with Crippen LogP contribution in [0.1, 0.15) is 58.6 Å². The minimum Gasteiger partial charge on any atom is -0.507 e. The van der Waals surface area contributed by atoms with E-state index in [1.807, 2.05) is 13.0 Å². The average molecular weight is 495 g/mol. The molecule has 0 aliphatic carbocycles. The van der Waals surface area contributed by atoms with Crippen molar-refractivity contribution >= 4 is 21.9 Å². The van der Waals surface area contributed by atoms with E-state index >= 15 is 0 Å². The fourth-order valence-electron chi connectivity index (χ4n) is 4.68. The van der Waals surface area contributed by atoms with E-state index in [-0.39, 0.29) is 45.6 Å². The van der Waals surface area contributed by atoms with Crippen LogP contribution in [0.4, 0.5) is 0 Å². The summed E-state index contributed by atoms with van der Waals surface area (Å²) in [5.41, 5.74) is 2.28. The van der Waals surface area contributed by atoms with Crippen molar-refractivity contribution < 1.29 is 29.2 Å². The van der Waals surface area contributed by atoms with Gasteiger partial charge in [-0.15, -0.1) is 0 Å². The van der Waals surface area contributed by atoms with Crippen LogP contribution in [0.5, 0.6) is 23.0 Å². The molecule has 36 heavy (non-hydrogen) atoms. The third-order valence-corrected chi connectivity index (χ3v) is 6.85. The molecule has 192 valence electrons. The number of rotatable bonds is 6. The van der Waals surface area contributed by atoms with Gasteiger partial charge in [0.1, 0.15) is 33.7 Å². The lowest BCUT2D eigenvalue weighted by molar-refractivity contribution is -0.0415. The standard InChI is InChI=1S/C29H34O7/c1-15(2)8-7-9-16(3)10-11-17-24-21(13-19(30)28(17)34-6)35-22-14-20-18(26(32)25(22)27(24)33)12-23(31)29(4,5)36-20/h8,10,13-14,23,30-32H,7,9,11-12H2,1-6H3/b16-10+/t23-/m0/s1. The van der Waals surface area contributed by atoms with Crippen molar-refractivity contribution in [3.8, 4) is 23.0 Å². The third kappa shape index (κ3) is 4.55. The van der Waals surface area contributed by atoms with Gasteiger partial charge in [0.25, 0.3) is 0 Å². The Hall–Kier alpha value is -3.45. The predicted octanol–water partition coefficient (Wildman–Crippen LogP) is 5.68. The Morgan fingerprint density at radius 2 is 1.83 bits per heavy atom. The maximum atomic E-state index is 13.8. The van der Waals surface area contributed by atoms with Crippen LogP contribution in [0.3, 0.4) is 0 Å². The van der Waals surface area contributed by atoms with E-state index in [1.54, 1.807) is 19.9 Å². The summed E-state index contributed by atoms with van der Waals surface area (Å²) in [4.78, 5) is 13.8. The van der Waals surface area contributed by atoms with Gasteiger partial charge in [0.05, 0.1) is 18.6 Å². The zero-order valence-corrected chi connectivity index (χ0v) is 21.7. The van der Waals surface area contributed by atoms with Crippen LogP contribution in [0.25, 0.3) is 21.9 Å². The molecule has 0 saturated heterocycles. The lowest BCUT2D eigenvalue weighted by atomic mass is 9.89. The number of phenolic OH excluding ortho intramolecular Hbond substituents is 2. The van der Waals surface area contributed by atoms with Crippen molar-refractivity contribution in [2.45, 2.75) is 72.0 Å². The maximum absolute atomic E-state index is 13.8. The second kappa shape index (κ2) is 9.54. The summed E-state index contributed by atoms with van der Waals surface area (Å²) in [7, 11) is 1.44. The Morgan fingerprint density at radius 3 is 2.50 bits per heavy atom. The lowest BCUT2D eigenvalue weighted by Crippen LogP contribution is -2.46. The summed E-state index contributed by atoms with van der Waals surface area (Å²) < 4.78 is 17.4. The Labute approximate surface area is 210 Å². The number of fused-ring (bicyclic) bond motifs is 3. The largest absolute Gasteiger partial charge is 0.507 e. The van der Waals surface area contributed by atoms with Crippen molar-refractivity contribution in [1.82, 2.24) is 0 Å². The van der Waals surface area contributed by atoms with E-state index in [0.29, 0.717) is 23.3 Å². The molecule has 7 nitrogen and oxygen atoms in total. The minimum atomic E-state index is -0.862. The molecular formula is C29H34O7. The van der Waals surface area contributed by atoms with Crippen LogP contribution >= 0.6 is 0 Å². The number of hydrogen-bond acceptors (Lipinski definition) is 7. The number of aliphatic hydroxyl groups is 1. The monoisotopic (exact) mass is 494 g/mol. The Morgan fingerprint density at radius 1 is 1.14 bits per heavy atom. The molecule has 7 heteroatoms. The average Bonchev–Trinajstić information content (AvgIpc) is 2.78. The summed E-state index contributed by atoms with van der Waals surface area (Å²) in [6.07, 6.45) is 5.60. The molecule has 2 heterocycles. The van der Waals surface area contributed by atoms with E-state index in [9.17, 15) is 20.1 Å². The van der Waals surface area contributed by atoms with Crippen LogP contribution in [-0.4, -0.2) is 34.1 Å². The van der Waals surface area contributed by atoms with Gasteiger partial charge in [0.15, 0.2) is 11.5 Å². The fourth-order valence-corrected chi connectivity index (χ4v) is 4.68. The molecule has 0 spiro atoms. The number of ether oxygens (including phenoxy) is 2. The van der Waals surface area contributed by atoms with Gasteiger partial charge in [-0.1, -0.05) is 23.3 Å². The summed E-state index contributed by atoms with van der Waals surface area (Å²) in [5.74, 6) is 0.144. The molecule has 0 bridgehead atoms. The zero-order chi connectivity index (χ0) is 26.4. The molecule has 1 aliphatic rings. The predicted molar refractivity (Wildman–Crippen MR) is 140 cm³/mol. The SMILES string of the molecule is COc1c(O)cc2oc3cc4c(c(O)c3c(=O)c2c1C/C=C(\C)CCC=C(C)C)C[C@H](O)C(C)(C)O4. The molecule has 0 fully saturated rings. The highest BCUT2D eigenvalue weighted by atomic mass is 16.5. The summed E-state index contributed by atoms with van der Waals surface area (Å²) in [6.45, 7) is 9.66. The van der Waals surface area contributed by atoms with E-state index in [0.717, 1.165) is 18.4 Å². The minimum absolute atomic E-state index is 0.00927. The van der Waals surface area contributed by atoms with Crippen molar-refractivity contribution in [1.29, 1.82) is 0 Å². The highest BCUT2D eigenvalue weighted by Crippen LogP contribution is 2.44. The summed E-state index contributed by atoms with van der Waals surface area (Å²) >= 11 is 0. The maximum Gasteiger partial charge on any atom is 0.204 e. The quantitative estimate of drug-likeness (QED) is 0.299. The van der Waals surface area contributed by atoms with E-state index < -0.39 is 17.1 Å². The molecule has 0 radical (unpaired) electrons. The van der Waals surface area contributed by atoms with Crippen molar-refractivity contribution in [3.05, 3.63) is 56.8 Å². The molecular weight excluding hydrogens is 460 g/mol. The van der Waals surface area contributed by atoms with Gasteiger partial charge in [-0.3, -0.25) is 4.79 Å². The van der Waals surface area contributed by atoms with Gasteiger partial charge in [0.2, 0.25) is 5.43 Å². The molecule has 3 aromatic rings. The van der Waals surface area contributed by atoms with E-state index in [2.05, 4.69) is 19.9 Å². The summed E-state index contributed by atoms with van der Waals surface area (Å²) in [5, 5.41) is 32.5. The highest BCUT2D eigenvalue weighted by Gasteiger charge is 2.38. The number of allylic oxidation sites excluding steroid dienone is 4. The van der Waals surface area contributed by atoms with Crippen LogP contribution < -0.4 is 14.9 Å². The number of aromatic hydroxyl groups is 2. The van der Waals surface area contributed by atoms with Crippen LogP contribution in [0.15, 0.2) is 44.6 Å². The first-order chi connectivity index (χ1) is 16.9. The van der Waals surface area contributed by atoms with Gasteiger partial charge in [-0.05, 0) is 53.9 Å². The highest BCUT2D eigenvalue weighted by molar-refractivity contribution is 5.97. The molecule has 0 unspecified atom stereocenters. The van der Waals surface area contributed by atoms with Gasteiger partial charge in [0, 0.05) is 29.7 Å². The molecule has 0 amide bonds. The molecule has 1 aromatic heterocycles. The van der Waals surface area contributed by atoms with E-state index in [4.69, 9.17) is 13.9 Å². The van der Waals surface area contributed by atoms with Gasteiger partial charge >= 0.3 is 0 Å². The number of hydrogen-bond donors (Lipinski definition) is 3. The zero-order valence-electron chi connectivity index (χ0n) is 21.7. The molecule has 1 aliphatic heterocycles. The van der Waals surface area contributed by atoms with Crippen molar-refractivity contribution in [2.24, 2.45) is 0 Å². The smallest absolute Gasteiger partial charge is 0.204 e. The van der Waals surface area contributed by atoms with Gasteiger partial charge in [-0.25, -0.2) is 0 Å². The second-order valence-electron chi connectivity index (χ2n) is 10.3. The Bertz CT molecular complexity index is 1450. The first-order valence-corrected chi connectivity index (χ1v) is 12.1. The molecule has 3 N–H and O–H groups in total. The van der Waals surface area contributed by atoms with E-state index in [1.165, 1.54) is 18.7 Å². The topological polar surface area (TPSA) is 109 Å². The van der Waals surface area contributed by atoms with Crippen LogP contribution in [0, 0.1) is 0 Å². The number of phenols is 2. The normalized spacial score (nSPS) is 17.1. The summed E-state index contributed by atoms with van der Waals surface area (Å²) in [6, 6.07) is 2.92. The van der Waals surface area contributed by atoms with Crippen molar-refractivity contribution in [3.63, 3.8) is 0 Å². The van der Waals surface area contributed by atoms with Gasteiger partial charge < -0.3 is 29.2 Å². The number of methoxy groups -OCH3 is 1. The molecule has 2 aromatic carbocycles. The molecule has 0 saturated carbocycles. The molecule has 4 rings (SSSR count). The van der Waals surface area contributed by atoms with Crippen molar-refractivity contribution in [2.75, 3.05) is 7.11 Å². The first-order valence-electron chi connectivity index (χ1n) is 12.1. The fraction of sp³-hybridized carbons (Fsp3) is 0.414. The Balaban J connectivity index is 1.91. The Kier molecular flexibility index (Phi) is 6.80. The first kappa shape index (κ1) is 25.6. The number of benzene rings is 2. The second-order valence-corrected chi connectivity index (χ2v) is 10.3. The number of aliphatic hydroxyl groups excluding tert-OH is 1. The third-order valence-electron chi connectivity index (χ3n) is 6.85. The van der Waals surface area contributed by atoms with Crippen LogP contribution in [0.2, 0.25) is 0 Å². The molecule has 1 atom stereocenters.